The molecule has 0 spiro atoms. The summed E-state index contributed by atoms with van der Waals surface area (Å²) >= 11 is 0. The van der Waals surface area contributed by atoms with Gasteiger partial charge in [-0.3, -0.25) is 9.52 Å². The molecule has 0 saturated heterocycles. The minimum absolute atomic E-state index is 0.00581. The summed E-state index contributed by atoms with van der Waals surface area (Å²) in [7, 11) is -4.16. The van der Waals surface area contributed by atoms with E-state index in [0.717, 1.165) is 12.1 Å². The Kier molecular flexibility index (Phi) is 5.79. The van der Waals surface area contributed by atoms with Crippen molar-refractivity contribution in [1.29, 1.82) is 0 Å². The number of fused-ring (bicyclic) bond motifs is 1. The molecule has 1 heterocycles. The molecular weight excluding hydrogens is 477 g/mol. The molecule has 3 aromatic carbocycles. The fraction of sp³-hybridized carbons (Fsp3) is 0.0476. The van der Waals surface area contributed by atoms with Gasteiger partial charge in [0.2, 0.25) is 0 Å². The molecule has 9 nitrogen and oxygen atoms in total. The lowest BCUT2D eigenvalue weighted by molar-refractivity contribution is -0.274. The molecule has 0 fully saturated rings. The van der Waals surface area contributed by atoms with Crippen LogP contribution in [0.1, 0.15) is 10.4 Å². The van der Waals surface area contributed by atoms with Crippen LogP contribution in [0.3, 0.4) is 0 Å². The molecule has 4 rings (SSSR count). The first-order valence-electron chi connectivity index (χ1n) is 9.51. The van der Waals surface area contributed by atoms with Gasteiger partial charge in [0.25, 0.3) is 15.9 Å². The van der Waals surface area contributed by atoms with Crippen LogP contribution in [0.5, 0.6) is 5.75 Å². The van der Waals surface area contributed by atoms with E-state index in [4.69, 9.17) is 0 Å². The summed E-state index contributed by atoms with van der Waals surface area (Å²) < 4.78 is 69.3. The summed E-state index contributed by atoms with van der Waals surface area (Å²) in [6.07, 6.45) is -4.90. The number of sulfonamides is 1. The van der Waals surface area contributed by atoms with E-state index in [1.165, 1.54) is 54.6 Å². The summed E-state index contributed by atoms with van der Waals surface area (Å²) in [5.41, 5.74) is 0.0607. The number of H-pyrrole nitrogens is 2. The number of anilines is 2. The van der Waals surface area contributed by atoms with Crippen molar-refractivity contribution in [3.05, 3.63) is 82.8 Å². The van der Waals surface area contributed by atoms with Crippen LogP contribution >= 0.6 is 0 Å². The highest BCUT2D eigenvalue weighted by molar-refractivity contribution is 7.92. The Balaban J connectivity index is 1.58. The summed E-state index contributed by atoms with van der Waals surface area (Å²) in [5, 5.41) is 2.41. The van der Waals surface area contributed by atoms with Crippen molar-refractivity contribution in [2.24, 2.45) is 0 Å². The molecule has 0 aliphatic rings. The number of hydrogen-bond donors (Lipinski definition) is 4. The van der Waals surface area contributed by atoms with Gasteiger partial charge in [0.05, 0.1) is 27.2 Å². The zero-order valence-electron chi connectivity index (χ0n) is 16.9. The van der Waals surface area contributed by atoms with Crippen molar-refractivity contribution in [1.82, 2.24) is 9.97 Å². The molecule has 0 atom stereocenters. The average Bonchev–Trinajstić information content (AvgIpc) is 3.12. The molecule has 0 unspecified atom stereocenters. The molecule has 1 aromatic heterocycles. The number of imidazole rings is 1. The SMILES string of the molecule is O=C(Nc1cccc(OC(F)(F)F)c1)c1ccccc1NS(=O)(=O)c1ccc2[nH]c(=O)[nH]c2c1. The third-order valence-electron chi connectivity index (χ3n) is 4.54. The smallest absolute Gasteiger partial charge is 0.406 e. The maximum atomic E-state index is 12.9. The van der Waals surface area contributed by atoms with Gasteiger partial charge in [0.1, 0.15) is 5.75 Å². The number of aromatic nitrogens is 2. The van der Waals surface area contributed by atoms with Gasteiger partial charge in [-0.2, -0.15) is 0 Å². The lowest BCUT2D eigenvalue weighted by atomic mass is 10.1. The highest BCUT2D eigenvalue weighted by atomic mass is 32.2. The number of para-hydroxylation sites is 1. The van der Waals surface area contributed by atoms with Crippen LogP contribution < -0.4 is 20.5 Å². The number of alkyl halides is 3. The Morgan fingerprint density at radius 3 is 2.41 bits per heavy atom. The van der Waals surface area contributed by atoms with Crippen molar-refractivity contribution in [3.8, 4) is 5.75 Å². The Bertz CT molecular complexity index is 1540. The summed E-state index contributed by atoms with van der Waals surface area (Å²) in [6, 6.07) is 14.3. The fourth-order valence-corrected chi connectivity index (χ4v) is 4.23. The molecule has 4 N–H and O–H groups in total. The molecule has 0 saturated carbocycles. The monoisotopic (exact) mass is 492 g/mol. The zero-order chi connectivity index (χ0) is 24.5. The molecule has 0 aliphatic heterocycles. The fourth-order valence-electron chi connectivity index (χ4n) is 3.12. The molecule has 4 aromatic rings. The number of nitrogens with one attached hydrogen (secondary N) is 4. The molecule has 1 amide bonds. The van der Waals surface area contributed by atoms with E-state index < -0.39 is 33.7 Å². The second-order valence-electron chi connectivity index (χ2n) is 6.97. The van der Waals surface area contributed by atoms with Gasteiger partial charge < -0.3 is 20.0 Å². The number of hydrogen-bond acceptors (Lipinski definition) is 5. The molecule has 0 aliphatic carbocycles. The molecule has 34 heavy (non-hydrogen) atoms. The van der Waals surface area contributed by atoms with E-state index in [0.29, 0.717) is 5.52 Å². The van der Waals surface area contributed by atoms with Gasteiger partial charge in [0.15, 0.2) is 0 Å². The molecular formula is C21H15F3N4O5S. The van der Waals surface area contributed by atoms with Crippen LogP contribution in [-0.4, -0.2) is 30.7 Å². The van der Waals surface area contributed by atoms with Crippen molar-refractivity contribution >= 4 is 38.3 Å². The maximum Gasteiger partial charge on any atom is 0.573 e. The molecule has 176 valence electrons. The molecule has 0 radical (unpaired) electrons. The minimum atomic E-state index is -4.90. The normalized spacial score (nSPS) is 11.9. The maximum absolute atomic E-state index is 12.9. The van der Waals surface area contributed by atoms with Gasteiger partial charge >= 0.3 is 12.1 Å². The largest absolute Gasteiger partial charge is 0.573 e. The highest BCUT2D eigenvalue weighted by Gasteiger charge is 2.31. The van der Waals surface area contributed by atoms with Crippen LogP contribution in [0.4, 0.5) is 24.5 Å². The van der Waals surface area contributed by atoms with Gasteiger partial charge in [-0.1, -0.05) is 18.2 Å². The number of benzene rings is 3. The van der Waals surface area contributed by atoms with Crippen LogP contribution in [0.15, 0.2) is 76.4 Å². The average molecular weight is 492 g/mol. The standard InChI is InChI=1S/C21H15F3N4O5S/c22-21(23,24)33-13-5-3-4-12(10-13)25-19(29)15-6-1-2-7-16(15)28-34(31,32)14-8-9-17-18(11-14)27-20(30)26-17/h1-11,28H,(H,25,29)(H2,26,27,30). The third kappa shape index (κ3) is 5.20. The van der Waals surface area contributed by atoms with Crippen molar-refractivity contribution in [2.45, 2.75) is 11.3 Å². The molecule has 13 heteroatoms. The number of carbonyl (C=O) groups is 1. The van der Waals surface area contributed by atoms with Crippen molar-refractivity contribution < 1.29 is 31.1 Å². The predicted molar refractivity (Wildman–Crippen MR) is 117 cm³/mol. The van der Waals surface area contributed by atoms with Gasteiger partial charge in [-0.15, -0.1) is 13.2 Å². The van der Waals surface area contributed by atoms with Crippen LogP contribution in [0.2, 0.25) is 0 Å². The quantitative estimate of drug-likeness (QED) is 0.325. The van der Waals surface area contributed by atoms with Crippen LogP contribution in [-0.2, 0) is 10.0 Å². The van der Waals surface area contributed by atoms with Crippen molar-refractivity contribution in [2.75, 3.05) is 10.0 Å². The van der Waals surface area contributed by atoms with E-state index in [-0.39, 0.29) is 27.4 Å². The first-order valence-corrected chi connectivity index (χ1v) is 11.0. The van der Waals surface area contributed by atoms with E-state index in [2.05, 4.69) is 24.7 Å². The highest BCUT2D eigenvalue weighted by Crippen LogP contribution is 2.26. The Morgan fingerprint density at radius 1 is 0.912 bits per heavy atom. The Morgan fingerprint density at radius 2 is 1.65 bits per heavy atom. The second-order valence-corrected chi connectivity index (χ2v) is 8.65. The number of aromatic amines is 2. The van der Waals surface area contributed by atoms with Gasteiger partial charge in [0, 0.05) is 11.8 Å². The summed E-state index contributed by atoms with van der Waals surface area (Å²) in [6.45, 7) is 0. The summed E-state index contributed by atoms with van der Waals surface area (Å²) in [5.74, 6) is -1.30. The Hall–Kier alpha value is -4.26. The number of amides is 1. The Labute approximate surface area is 189 Å². The van der Waals surface area contributed by atoms with Gasteiger partial charge in [-0.05, 0) is 42.5 Å². The predicted octanol–water partition coefficient (Wildman–Crippen LogP) is 3.81. The first kappa shape index (κ1) is 22.9. The topological polar surface area (TPSA) is 133 Å². The lowest BCUT2D eigenvalue weighted by Crippen LogP contribution is -2.19. The van der Waals surface area contributed by atoms with E-state index in [1.54, 1.807) is 0 Å². The first-order chi connectivity index (χ1) is 16.0. The van der Waals surface area contributed by atoms with Crippen LogP contribution in [0.25, 0.3) is 11.0 Å². The second kappa shape index (κ2) is 8.59. The number of halogens is 3. The summed E-state index contributed by atoms with van der Waals surface area (Å²) in [4.78, 5) is 29.0. The van der Waals surface area contributed by atoms with Crippen LogP contribution in [0, 0.1) is 0 Å². The number of rotatable bonds is 6. The van der Waals surface area contributed by atoms with Crippen molar-refractivity contribution in [3.63, 3.8) is 0 Å². The van der Waals surface area contributed by atoms with E-state index in [1.807, 2.05) is 0 Å². The lowest BCUT2D eigenvalue weighted by Gasteiger charge is -2.14. The van der Waals surface area contributed by atoms with E-state index in [9.17, 15) is 31.2 Å². The van der Waals surface area contributed by atoms with E-state index >= 15 is 0 Å². The number of ether oxygens (including phenoxy) is 1. The number of carbonyl (C=O) groups excluding carboxylic acids is 1. The third-order valence-corrected chi connectivity index (χ3v) is 5.90. The minimum Gasteiger partial charge on any atom is -0.406 e. The zero-order valence-corrected chi connectivity index (χ0v) is 17.8. The van der Waals surface area contributed by atoms with Gasteiger partial charge in [-0.25, -0.2) is 13.2 Å². The molecule has 0 bridgehead atoms.